The van der Waals surface area contributed by atoms with Crippen molar-refractivity contribution in [1.82, 2.24) is 0 Å². The lowest BCUT2D eigenvalue weighted by Gasteiger charge is -2.14. The van der Waals surface area contributed by atoms with Crippen molar-refractivity contribution >= 4 is 11.8 Å². The van der Waals surface area contributed by atoms with Crippen molar-refractivity contribution in [3.05, 3.63) is 34.4 Å². The average Bonchev–Trinajstić information content (AvgIpc) is 2.48. The number of hydrogen-bond donors (Lipinski definition) is 2. The summed E-state index contributed by atoms with van der Waals surface area (Å²) in [6.07, 6.45) is 7.46. The third-order valence-corrected chi connectivity index (χ3v) is 3.77. The van der Waals surface area contributed by atoms with E-state index in [2.05, 4.69) is 0 Å². The number of hydrogen-bond acceptors (Lipinski definition) is 2. The molecule has 2 rings (SSSR count). The predicted molar refractivity (Wildman–Crippen MR) is 74.0 cm³/mol. The van der Waals surface area contributed by atoms with Crippen LogP contribution in [0.4, 0.5) is 0 Å². The number of rotatable bonds is 2. The molecule has 2 amide bonds. The molecule has 0 fully saturated rings. The summed E-state index contributed by atoms with van der Waals surface area (Å²) in [5.41, 5.74) is 13.7. The first-order chi connectivity index (χ1) is 9.09. The smallest absolute Gasteiger partial charge is 0.249 e. The van der Waals surface area contributed by atoms with Gasteiger partial charge in [-0.15, -0.1) is 0 Å². The summed E-state index contributed by atoms with van der Waals surface area (Å²) < 4.78 is 0. The number of carbonyl (C=O) groups excluding carboxylic acids is 2. The van der Waals surface area contributed by atoms with E-state index in [1.165, 1.54) is 19.3 Å². The molecule has 19 heavy (non-hydrogen) atoms. The van der Waals surface area contributed by atoms with Gasteiger partial charge in [-0.05, 0) is 48.9 Å². The summed E-state index contributed by atoms with van der Waals surface area (Å²) in [4.78, 5) is 23.0. The minimum Gasteiger partial charge on any atom is -0.366 e. The first-order valence-corrected chi connectivity index (χ1v) is 6.85. The Morgan fingerprint density at radius 3 is 2.11 bits per heavy atom. The molecule has 0 saturated heterocycles. The molecular weight excluding hydrogens is 240 g/mol. The van der Waals surface area contributed by atoms with Gasteiger partial charge in [-0.3, -0.25) is 9.59 Å². The van der Waals surface area contributed by atoms with Gasteiger partial charge in [0.1, 0.15) is 0 Å². The number of carbonyl (C=O) groups is 2. The number of nitrogens with two attached hydrogens (primary N) is 2. The highest BCUT2D eigenvalue weighted by atomic mass is 16.1. The van der Waals surface area contributed by atoms with Crippen LogP contribution in [0.3, 0.4) is 0 Å². The summed E-state index contributed by atoms with van der Waals surface area (Å²) in [6.45, 7) is 0. The molecule has 102 valence electrons. The topological polar surface area (TPSA) is 86.2 Å². The lowest BCUT2D eigenvalue weighted by molar-refractivity contribution is 0.0998. The summed E-state index contributed by atoms with van der Waals surface area (Å²) in [5.74, 6) is -0.983. The summed E-state index contributed by atoms with van der Waals surface area (Å²) in [5, 5.41) is 0. The predicted octanol–water partition coefficient (Wildman–Crippen LogP) is 1.93. The molecular formula is C15H20N2O2. The van der Waals surface area contributed by atoms with Crippen molar-refractivity contribution in [2.75, 3.05) is 0 Å². The Bertz CT molecular complexity index is 509. The molecule has 0 aliphatic heterocycles. The van der Waals surface area contributed by atoms with E-state index in [1.807, 2.05) is 6.07 Å². The van der Waals surface area contributed by atoms with Gasteiger partial charge in [0.2, 0.25) is 11.8 Å². The quantitative estimate of drug-likeness (QED) is 0.851. The largest absolute Gasteiger partial charge is 0.366 e. The Morgan fingerprint density at radius 2 is 1.47 bits per heavy atom. The van der Waals surface area contributed by atoms with Gasteiger partial charge in [0.05, 0.1) is 0 Å². The standard InChI is InChI=1S/C15H20N2O2/c16-14(18)11-8-10-6-4-2-1-3-5-7-12(10)13(9-11)15(17)19/h8-9H,1-7H2,(H2,16,18)(H2,17,19). The molecule has 0 saturated carbocycles. The molecule has 0 spiro atoms. The van der Waals surface area contributed by atoms with E-state index in [0.29, 0.717) is 11.1 Å². The van der Waals surface area contributed by atoms with E-state index in [9.17, 15) is 9.59 Å². The number of benzene rings is 1. The molecule has 0 aromatic heterocycles. The van der Waals surface area contributed by atoms with Crippen molar-refractivity contribution in [3.8, 4) is 0 Å². The van der Waals surface area contributed by atoms with Crippen LogP contribution in [0.25, 0.3) is 0 Å². The van der Waals surface area contributed by atoms with Gasteiger partial charge in [-0.25, -0.2) is 0 Å². The van der Waals surface area contributed by atoms with Gasteiger partial charge in [-0.2, -0.15) is 0 Å². The van der Waals surface area contributed by atoms with Crippen LogP contribution in [0.5, 0.6) is 0 Å². The van der Waals surface area contributed by atoms with Crippen molar-refractivity contribution in [1.29, 1.82) is 0 Å². The van der Waals surface area contributed by atoms with Crippen LogP contribution < -0.4 is 11.5 Å². The molecule has 4 nitrogen and oxygen atoms in total. The van der Waals surface area contributed by atoms with Gasteiger partial charge in [0.25, 0.3) is 0 Å². The van der Waals surface area contributed by atoms with E-state index in [4.69, 9.17) is 11.5 Å². The molecule has 1 aliphatic carbocycles. The van der Waals surface area contributed by atoms with Crippen LogP contribution in [-0.2, 0) is 12.8 Å². The number of primary amides is 2. The van der Waals surface area contributed by atoms with Crippen molar-refractivity contribution in [2.24, 2.45) is 11.5 Å². The van der Waals surface area contributed by atoms with Crippen molar-refractivity contribution in [3.63, 3.8) is 0 Å². The lowest BCUT2D eigenvalue weighted by Crippen LogP contribution is -2.19. The highest BCUT2D eigenvalue weighted by Crippen LogP contribution is 2.24. The zero-order chi connectivity index (χ0) is 13.8. The van der Waals surface area contributed by atoms with Gasteiger partial charge >= 0.3 is 0 Å². The monoisotopic (exact) mass is 260 g/mol. The Kier molecular flexibility index (Phi) is 4.20. The molecule has 4 heteroatoms. The molecule has 0 radical (unpaired) electrons. The second-order valence-electron chi connectivity index (χ2n) is 5.16. The second-order valence-corrected chi connectivity index (χ2v) is 5.16. The first kappa shape index (κ1) is 13.6. The van der Waals surface area contributed by atoms with Crippen LogP contribution in [-0.4, -0.2) is 11.8 Å². The third kappa shape index (κ3) is 3.13. The van der Waals surface area contributed by atoms with Crippen LogP contribution in [0.2, 0.25) is 0 Å². The van der Waals surface area contributed by atoms with Crippen LogP contribution in [0, 0.1) is 0 Å². The van der Waals surface area contributed by atoms with Crippen LogP contribution >= 0.6 is 0 Å². The molecule has 4 N–H and O–H groups in total. The van der Waals surface area contributed by atoms with Crippen LogP contribution in [0.15, 0.2) is 12.1 Å². The van der Waals surface area contributed by atoms with Crippen LogP contribution in [0.1, 0.15) is 63.9 Å². The third-order valence-electron chi connectivity index (χ3n) is 3.77. The van der Waals surface area contributed by atoms with E-state index in [-0.39, 0.29) is 0 Å². The van der Waals surface area contributed by atoms with E-state index >= 15 is 0 Å². The summed E-state index contributed by atoms with van der Waals surface area (Å²) >= 11 is 0. The highest BCUT2D eigenvalue weighted by molar-refractivity contribution is 6.00. The summed E-state index contributed by atoms with van der Waals surface area (Å²) in [6, 6.07) is 3.37. The van der Waals surface area contributed by atoms with Gasteiger partial charge in [0.15, 0.2) is 0 Å². The van der Waals surface area contributed by atoms with E-state index in [1.54, 1.807) is 6.07 Å². The minimum atomic E-state index is -0.509. The molecule has 0 unspecified atom stereocenters. The number of amides is 2. The maximum Gasteiger partial charge on any atom is 0.249 e. The van der Waals surface area contributed by atoms with Crippen molar-refractivity contribution in [2.45, 2.75) is 44.9 Å². The maximum atomic E-state index is 11.6. The number of fused-ring (bicyclic) bond motifs is 1. The fraction of sp³-hybridized carbons (Fsp3) is 0.467. The molecule has 1 aliphatic rings. The van der Waals surface area contributed by atoms with Gasteiger partial charge < -0.3 is 11.5 Å². The molecule has 0 bridgehead atoms. The van der Waals surface area contributed by atoms with E-state index < -0.39 is 11.8 Å². The van der Waals surface area contributed by atoms with Gasteiger partial charge in [0, 0.05) is 11.1 Å². The minimum absolute atomic E-state index is 0.381. The Hall–Kier alpha value is -1.84. The SMILES string of the molecule is NC(=O)c1cc2c(c(C(N)=O)c1)CCCCCCC2. The Morgan fingerprint density at radius 1 is 0.842 bits per heavy atom. The van der Waals surface area contributed by atoms with Gasteiger partial charge in [-0.1, -0.05) is 19.3 Å². The summed E-state index contributed by atoms with van der Waals surface area (Å²) in [7, 11) is 0. The lowest BCUT2D eigenvalue weighted by atomic mass is 9.91. The fourth-order valence-corrected chi connectivity index (χ4v) is 2.76. The number of aryl methyl sites for hydroxylation is 1. The maximum absolute atomic E-state index is 11.6. The Balaban J connectivity index is 2.51. The normalized spacial score (nSPS) is 15.8. The van der Waals surface area contributed by atoms with Crippen molar-refractivity contribution < 1.29 is 9.59 Å². The molecule has 1 aromatic rings. The Labute approximate surface area is 113 Å². The zero-order valence-corrected chi connectivity index (χ0v) is 11.1. The zero-order valence-electron chi connectivity index (χ0n) is 11.1. The second kappa shape index (κ2) is 5.87. The molecule has 0 heterocycles. The first-order valence-electron chi connectivity index (χ1n) is 6.85. The molecule has 0 atom stereocenters. The fourth-order valence-electron chi connectivity index (χ4n) is 2.76. The molecule has 1 aromatic carbocycles. The average molecular weight is 260 g/mol. The van der Waals surface area contributed by atoms with E-state index in [0.717, 1.165) is 36.8 Å². The highest BCUT2D eigenvalue weighted by Gasteiger charge is 2.17.